The zero-order chi connectivity index (χ0) is 11.4. The van der Waals surface area contributed by atoms with Crippen LogP contribution in [0.3, 0.4) is 0 Å². The monoisotopic (exact) mass is 231 g/mol. The molecular formula is C13H13NOS. The maximum Gasteiger partial charge on any atom is 0.0574 e. The molecule has 0 amide bonds. The minimum Gasteiger partial charge on any atom is -0.264 e. The van der Waals surface area contributed by atoms with Crippen molar-refractivity contribution in [3.8, 4) is 0 Å². The van der Waals surface area contributed by atoms with Crippen LogP contribution in [-0.4, -0.2) is 9.19 Å². The van der Waals surface area contributed by atoms with Crippen LogP contribution in [0.5, 0.6) is 0 Å². The lowest BCUT2D eigenvalue weighted by Crippen LogP contribution is -1.96. The maximum atomic E-state index is 12.0. The van der Waals surface area contributed by atoms with Crippen molar-refractivity contribution >= 4 is 10.8 Å². The lowest BCUT2D eigenvalue weighted by atomic mass is 10.2. The number of aromatic nitrogens is 1. The Labute approximate surface area is 97.8 Å². The van der Waals surface area contributed by atoms with Crippen LogP contribution in [0, 0.1) is 6.92 Å². The zero-order valence-corrected chi connectivity index (χ0v) is 9.91. The smallest absolute Gasteiger partial charge is 0.0574 e. The Morgan fingerprint density at radius 1 is 1.19 bits per heavy atom. The average Bonchev–Trinajstić information content (AvgIpc) is 2.31. The van der Waals surface area contributed by atoms with E-state index in [0.717, 1.165) is 10.5 Å². The third kappa shape index (κ3) is 2.76. The highest BCUT2D eigenvalue weighted by atomic mass is 32.2. The van der Waals surface area contributed by atoms with Crippen LogP contribution in [0.15, 0.2) is 53.7 Å². The number of nitrogens with zero attached hydrogens (tertiary/aromatic N) is 1. The van der Waals surface area contributed by atoms with Gasteiger partial charge in [-0.3, -0.25) is 9.19 Å². The molecule has 0 aliphatic carbocycles. The van der Waals surface area contributed by atoms with Crippen molar-refractivity contribution < 1.29 is 4.21 Å². The fourth-order valence-electron chi connectivity index (χ4n) is 1.41. The van der Waals surface area contributed by atoms with Crippen molar-refractivity contribution in [1.29, 1.82) is 0 Å². The van der Waals surface area contributed by atoms with E-state index in [2.05, 4.69) is 4.98 Å². The van der Waals surface area contributed by atoms with Crippen molar-refractivity contribution in [2.75, 3.05) is 0 Å². The van der Waals surface area contributed by atoms with E-state index in [1.54, 1.807) is 12.4 Å². The van der Waals surface area contributed by atoms with E-state index in [1.165, 1.54) is 5.56 Å². The van der Waals surface area contributed by atoms with Crippen LogP contribution in [0.1, 0.15) is 11.1 Å². The molecule has 2 rings (SSSR count). The van der Waals surface area contributed by atoms with E-state index in [4.69, 9.17) is 0 Å². The van der Waals surface area contributed by atoms with E-state index in [-0.39, 0.29) is 0 Å². The van der Waals surface area contributed by atoms with Crippen LogP contribution in [0.4, 0.5) is 0 Å². The largest absolute Gasteiger partial charge is 0.264 e. The summed E-state index contributed by atoms with van der Waals surface area (Å²) < 4.78 is 12.0. The third-order valence-electron chi connectivity index (χ3n) is 2.30. The number of pyridine rings is 1. The molecule has 2 aromatic rings. The van der Waals surface area contributed by atoms with Gasteiger partial charge in [0.05, 0.1) is 16.6 Å². The summed E-state index contributed by atoms with van der Waals surface area (Å²) in [7, 11) is -0.983. The Bertz CT molecular complexity index is 479. The Kier molecular flexibility index (Phi) is 3.47. The lowest BCUT2D eigenvalue weighted by molar-refractivity contribution is 0.682. The van der Waals surface area contributed by atoms with Crippen molar-refractivity contribution in [1.82, 2.24) is 4.98 Å². The molecule has 0 saturated carbocycles. The molecule has 16 heavy (non-hydrogen) atoms. The van der Waals surface area contributed by atoms with E-state index < -0.39 is 10.8 Å². The van der Waals surface area contributed by atoms with Gasteiger partial charge in [-0.15, -0.1) is 0 Å². The molecule has 1 atom stereocenters. The first-order chi connectivity index (χ1) is 7.75. The molecule has 1 aromatic carbocycles. The first kappa shape index (κ1) is 11.0. The highest BCUT2D eigenvalue weighted by molar-refractivity contribution is 7.84. The zero-order valence-electron chi connectivity index (χ0n) is 9.09. The summed E-state index contributed by atoms with van der Waals surface area (Å²) in [5.41, 5.74) is 2.18. The van der Waals surface area contributed by atoms with Crippen LogP contribution in [-0.2, 0) is 16.6 Å². The van der Waals surface area contributed by atoms with Gasteiger partial charge < -0.3 is 0 Å². The van der Waals surface area contributed by atoms with Gasteiger partial charge in [0.1, 0.15) is 0 Å². The average molecular weight is 231 g/mol. The Morgan fingerprint density at radius 3 is 2.56 bits per heavy atom. The molecule has 1 aromatic heterocycles. The summed E-state index contributed by atoms with van der Waals surface area (Å²) in [6.07, 6.45) is 3.48. The minimum absolute atomic E-state index is 0.525. The number of benzene rings is 1. The van der Waals surface area contributed by atoms with Crippen molar-refractivity contribution in [3.63, 3.8) is 0 Å². The molecule has 0 aliphatic heterocycles. The van der Waals surface area contributed by atoms with Crippen molar-refractivity contribution in [2.45, 2.75) is 17.6 Å². The number of hydrogen-bond donors (Lipinski definition) is 0. The Hall–Kier alpha value is -1.48. The number of hydrogen-bond acceptors (Lipinski definition) is 2. The summed E-state index contributed by atoms with van der Waals surface area (Å²) in [6.45, 7) is 2.02. The second-order valence-corrected chi connectivity index (χ2v) is 5.12. The normalized spacial score (nSPS) is 12.3. The number of rotatable bonds is 3. The van der Waals surface area contributed by atoms with Gasteiger partial charge in [-0.25, -0.2) is 0 Å². The molecule has 0 spiro atoms. The Balaban J connectivity index is 2.12. The minimum atomic E-state index is -0.983. The topological polar surface area (TPSA) is 30.0 Å². The molecule has 0 N–H and O–H groups in total. The summed E-state index contributed by atoms with van der Waals surface area (Å²) in [6, 6.07) is 11.6. The van der Waals surface area contributed by atoms with E-state index in [9.17, 15) is 4.21 Å². The molecule has 0 aliphatic rings. The molecule has 0 fully saturated rings. The van der Waals surface area contributed by atoms with Crippen LogP contribution in [0.2, 0.25) is 0 Å². The van der Waals surface area contributed by atoms with Gasteiger partial charge in [0.2, 0.25) is 0 Å². The summed E-state index contributed by atoms with van der Waals surface area (Å²) in [5.74, 6) is 0.525. The van der Waals surface area contributed by atoms with Crippen LogP contribution >= 0.6 is 0 Å². The van der Waals surface area contributed by atoms with Crippen molar-refractivity contribution in [2.24, 2.45) is 0 Å². The first-order valence-corrected chi connectivity index (χ1v) is 6.41. The Morgan fingerprint density at radius 2 is 1.94 bits per heavy atom. The fraction of sp³-hybridized carbons (Fsp3) is 0.154. The standard InChI is InChI=1S/C13H13NOS/c1-11-4-6-13(7-5-11)16(15)10-12-3-2-8-14-9-12/h2-9H,10H2,1H3. The van der Waals surface area contributed by atoms with Gasteiger partial charge in [0, 0.05) is 17.3 Å². The van der Waals surface area contributed by atoms with Gasteiger partial charge >= 0.3 is 0 Å². The molecule has 1 unspecified atom stereocenters. The number of aryl methyl sites for hydroxylation is 1. The van der Waals surface area contributed by atoms with Crippen LogP contribution in [0.25, 0.3) is 0 Å². The van der Waals surface area contributed by atoms with Gasteiger partial charge in [0.15, 0.2) is 0 Å². The maximum absolute atomic E-state index is 12.0. The van der Waals surface area contributed by atoms with E-state index >= 15 is 0 Å². The van der Waals surface area contributed by atoms with E-state index in [0.29, 0.717) is 5.75 Å². The van der Waals surface area contributed by atoms with Crippen molar-refractivity contribution in [3.05, 3.63) is 59.9 Å². The summed E-state index contributed by atoms with van der Waals surface area (Å²) in [4.78, 5) is 4.88. The third-order valence-corrected chi connectivity index (χ3v) is 3.70. The van der Waals surface area contributed by atoms with Gasteiger partial charge in [-0.1, -0.05) is 23.8 Å². The SMILES string of the molecule is Cc1ccc(S(=O)Cc2cccnc2)cc1. The quantitative estimate of drug-likeness (QED) is 0.813. The molecule has 82 valence electrons. The summed E-state index contributed by atoms with van der Waals surface area (Å²) in [5, 5.41) is 0. The molecule has 2 nitrogen and oxygen atoms in total. The second kappa shape index (κ2) is 5.03. The van der Waals surface area contributed by atoms with E-state index in [1.807, 2.05) is 43.3 Å². The predicted molar refractivity (Wildman–Crippen MR) is 65.5 cm³/mol. The van der Waals surface area contributed by atoms with Gasteiger partial charge in [-0.2, -0.15) is 0 Å². The highest BCUT2D eigenvalue weighted by Crippen LogP contribution is 2.12. The highest BCUT2D eigenvalue weighted by Gasteiger charge is 2.04. The second-order valence-electron chi connectivity index (χ2n) is 3.66. The molecular weight excluding hydrogens is 218 g/mol. The van der Waals surface area contributed by atoms with Gasteiger partial charge in [0.25, 0.3) is 0 Å². The molecule has 0 radical (unpaired) electrons. The molecule has 0 saturated heterocycles. The molecule has 3 heteroatoms. The molecule has 0 bridgehead atoms. The van der Waals surface area contributed by atoms with Crippen LogP contribution < -0.4 is 0 Å². The fourth-order valence-corrected chi connectivity index (χ4v) is 2.49. The lowest BCUT2D eigenvalue weighted by Gasteiger charge is -2.02. The molecule has 1 heterocycles. The first-order valence-electron chi connectivity index (χ1n) is 5.09. The predicted octanol–water partition coefficient (Wildman–Crippen LogP) is 2.70. The summed E-state index contributed by atoms with van der Waals surface area (Å²) >= 11 is 0. The van der Waals surface area contributed by atoms with Gasteiger partial charge in [-0.05, 0) is 30.7 Å².